The first-order valence-electron chi connectivity index (χ1n) is 16.0. The Labute approximate surface area is 271 Å². The van der Waals surface area contributed by atoms with Gasteiger partial charge in [-0.1, -0.05) is 35.8 Å². The Morgan fingerprint density at radius 3 is 1.96 bits per heavy atom. The lowest BCUT2D eigenvalue weighted by Gasteiger charge is -2.19. The van der Waals surface area contributed by atoms with E-state index in [1.165, 1.54) is 36.4 Å². The number of carbonyl (C=O) groups is 3. The number of carbonyl (C=O) groups excluding carboxylic acids is 3. The fraction of sp³-hybridized carbons (Fsp3) is 0.531. The van der Waals surface area contributed by atoms with Crippen LogP contribution in [-0.4, -0.2) is 80.7 Å². The van der Waals surface area contributed by atoms with Gasteiger partial charge in [0.2, 0.25) is 11.8 Å². The van der Waals surface area contributed by atoms with Crippen molar-refractivity contribution in [1.29, 1.82) is 0 Å². The van der Waals surface area contributed by atoms with Gasteiger partial charge in [-0.15, -0.1) is 0 Å². The SMILES string of the molecule is [N-]=[N+]=Nc1ccc(C(=O)N[C@@H](Cc2ccc(O)cc2)C(=O)NCCCNCCCCNCCCNC(=O)[C@@H](N)CCCCN)cc1. The number of phenols is 1. The zero-order valence-corrected chi connectivity index (χ0v) is 26.5. The van der Waals surface area contributed by atoms with Gasteiger partial charge >= 0.3 is 0 Å². The third-order valence-corrected chi connectivity index (χ3v) is 7.21. The van der Waals surface area contributed by atoms with Gasteiger partial charge in [-0.25, -0.2) is 0 Å². The highest BCUT2D eigenvalue weighted by Gasteiger charge is 2.22. The van der Waals surface area contributed by atoms with E-state index in [0.29, 0.717) is 37.3 Å². The monoisotopic (exact) mass is 638 g/mol. The molecule has 0 heterocycles. The van der Waals surface area contributed by atoms with Crippen LogP contribution in [0.2, 0.25) is 0 Å². The summed E-state index contributed by atoms with van der Waals surface area (Å²) in [7, 11) is 0. The predicted octanol–water partition coefficient (Wildman–Crippen LogP) is 2.10. The highest BCUT2D eigenvalue weighted by Crippen LogP contribution is 2.14. The van der Waals surface area contributed by atoms with Gasteiger partial charge in [0.05, 0.1) is 6.04 Å². The smallest absolute Gasteiger partial charge is 0.251 e. The first-order chi connectivity index (χ1) is 22.3. The van der Waals surface area contributed by atoms with E-state index in [4.69, 9.17) is 17.0 Å². The van der Waals surface area contributed by atoms with Crippen molar-refractivity contribution in [2.24, 2.45) is 16.6 Å². The Morgan fingerprint density at radius 1 is 0.783 bits per heavy atom. The van der Waals surface area contributed by atoms with Crippen LogP contribution in [0.15, 0.2) is 53.6 Å². The van der Waals surface area contributed by atoms with Crippen molar-refractivity contribution in [2.75, 3.05) is 45.8 Å². The van der Waals surface area contributed by atoms with Crippen LogP contribution < -0.4 is 38.1 Å². The average molecular weight is 639 g/mol. The second-order valence-corrected chi connectivity index (χ2v) is 11.0. The van der Waals surface area contributed by atoms with Crippen molar-refractivity contribution in [3.8, 4) is 5.75 Å². The molecule has 0 fully saturated rings. The van der Waals surface area contributed by atoms with Crippen molar-refractivity contribution >= 4 is 23.4 Å². The molecule has 46 heavy (non-hydrogen) atoms. The summed E-state index contributed by atoms with van der Waals surface area (Å²) in [5.74, 6) is -0.714. The number of hydrogen-bond donors (Lipinski definition) is 8. The molecule has 0 spiro atoms. The minimum absolute atomic E-state index is 0.102. The molecule has 0 saturated heterocycles. The second-order valence-electron chi connectivity index (χ2n) is 11.0. The quantitative estimate of drug-likeness (QED) is 0.0366. The third kappa shape index (κ3) is 16.2. The maximum Gasteiger partial charge on any atom is 0.251 e. The second kappa shape index (κ2) is 23.2. The topological polar surface area (TPSA) is 232 Å². The first-order valence-corrected chi connectivity index (χ1v) is 16.0. The summed E-state index contributed by atoms with van der Waals surface area (Å²) in [5, 5.41) is 28.4. The molecule has 2 rings (SSSR count). The van der Waals surface area contributed by atoms with Crippen LogP contribution in [0, 0.1) is 0 Å². The standard InChI is InChI=1S/C32H50N10O4/c33-16-2-1-7-28(34)31(45)38-21-5-19-36-17-3-4-18-37-20-6-22-39-32(46)29(23-24-8-14-27(43)15-9-24)40-30(44)25-10-12-26(13-11-25)41-42-35/h8-15,28-29,36-37,43H,1-7,16-23,33-34H2,(H,38,45)(H,39,46)(H,40,44)/t28-,29-/m0/s1. The molecule has 0 saturated carbocycles. The largest absolute Gasteiger partial charge is 0.508 e. The molecule has 2 atom stereocenters. The number of phenolic OH excluding ortho intramolecular Hbond substituents is 1. The van der Waals surface area contributed by atoms with Crippen molar-refractivity contribution in [1.82, 2.24) is 26.6 Å². The molecule has 2 aromatic rings. The Hall–Kier alpha value is -4.20. The fourth-order valence-corrected chi connectivity index (χ4v) is 4.54. The zero-order chi connectivity index (χ0) is 33.4. The molecule has 0 unspecified atom stereocenters. The first kappa shape index (κ1) is 38.0. The molecular formula is C32H50N10O4. The normalized spacial score (nSPS) is 12.0. The number of rotatable bonds is 24. The predicted molar refractivity (Wildman–Crippen MR) is 179 cm³/mol. The summed E-state index contributed by atoms with van der Waals surface area (Å²) in [6.07, 6.45) is 6.26. The summed E-state index contributed by atoms with van der Waals surface area (Å²) >= 11 is 0. The van der Waals surface area contributed by atoms with Crippen molar-refractivity contribution in [3.63, 3.8) is 0 Å². The van der Waals surface area contributed by atoms with Gasteiger partial charge in [0.1, 0.15) is 11.8 Å². The summed E-state index contributed by atoms with van der Waals surface area (Å²) in [4.78, 5) is 40.6. The molecule has 0 aliphatic carbocycles. The number of nitrogens with zero attached hydrogens (tertiary/aromatic N) is 3. The number of amides is 3. The summed E-state index contributed by atoms with van der Waals surface area (Å²) in [5.41, 5.74) is 21.4. The molecule has 0 aliphatic heterocycles. The van der Waals surface area contributed by atoms with Crippen LogP contribution in [0.25, 0.3) is 10.4 Å². The van der Waals surface area contributed by atoms with Crippen LogP contribution in [0.4, 0.5) is 5.69 Å². The van der Waals surface area contributed by atoms with E-state index in [1.54, 1.807) is 12.1 Å². The Balaban J connectivity index is 1.60. The van der Waals surface area contributed by atoms with Gasteiger partial charge < -0.3 is 43.2 Å². The molecule has 0 radical (unpaired) electrons. The molecule has 2 aromatic carbocycles. The number of benzene rings is 2. The van der Waals surface area contributed by atoms with E-state index in [-0.39, 0.29) is 24.0 Å². The molecule has 0 bridgehead atoms. The van der Waals surface area contributed by atoms with Gasteiger partial charge in [-0.05, 0) is 107 Å². The minimum Gasteiger partial charge on any atom is -0.508 e. The zero-order valence-electron chi connectivity index (χ0n) is 26.5. The van der Waals surface area contributed by atoms with E-state index in [9.17, 15) is 19.5 Å². The van der Waals surface area contributed by atoms with Crippen LogP contribution in [0.1, 0.15) is 60.9 Å². The Bertz CT molecular complexity index is 1220. The molecule has 3 amide bonds. The van der Waals surface area contributed by atoms with E-state index in [2.05, 4.69) is 36.6 Å². The summed E-state index contributed by atoms with van der Waals surface area (Å²) in [6, 6.07) is 11.3. The molecule has 14 heteroatoms. The number of hydrogen-bond acceptors (Lipinski definition) is 9. The van der Waals surface area contributed by atoms with E-state index in [1.807, 2.05) is 0 Å². The molecule has 10 N–H and O–H groups in total. The van der Waals surface area contributed by atoms with Crippen LogP contribution >= 0.6 is 0 Å². The van der Waals surface area contributed by atoms with Gasteiger partial charge in [0.15, 0.2) is 0 Å². The lowest BCUT2D eigenvalue weighted by atomic mass is 10.0. The fourth-order valence-electron chi connectivity index (χ4n) is 4.54. The minimum atomic E-state index is -0.824. The summed E-state index contributed by atoms with van der Waals surface area (Å²) in [6.45, 7) is 5.01. The van der Waals surface area contributed by atoms with Crippen molar-refractivity contribution in [2.45, 2.75) is 63.5 Å². The van der Waals surface area contributed by atoms with Gasteiger partial charge in [0.25, 0.3) is 5.91 Å². The van der Waals surface area contributed by atoms with E-state index in [0.717, 1.165) is 70.3 Å². The lowest BCUT2D eigenvalue weighted by molar-refractivity contribution is -0.123. The van der Waals surface area contributed by atoms with Crippen molar-refractivity contribution in [3.05, 3.63) is 70.1 Å². The van der Waals surface area contributed by atoms with Gasteiger partial charge in [-0.2, -0.15) is 0 Å². The van der Waals surface area contributed by atoms with Crippen LogP contribution in [0.3, 0.4) is 0 Å². The Kier molecular flexibility index (Phi) is 19.1. The number of azide groups is 1. The molecule has 252 valence electrons. The van der Waals surface area contributed by atoms with Crippen LogP contribution in [0.5, 0.6) is 5.75 Å². The molecule has 14 nitrogen and oxygen atoms in total. The maximum absolute atomic E-state index is 13.0. The molecule has 0 aromatic heterocycles. The average Bonchev–Trinajstić information content (AvgIpc) is 3.05. The third-order valence-electron chi connectivity index (χ3n) is 7.21. The summed E-state index contributed by atoms with van der Waals surface area (Å²) < 4.78 is 0. The van der Waals surface area contributed by atoms with Gasteiger partial charge in [0, 0.05) is 35.7 Å². The highest BCUT2D eigenvalue weighted by molar-refractivity contribution is 5.97. The van der Waals surface area contributed by atoms with E-state index < -0.39 is 18.0 Å². The maximum atomic E-state index is 13.0. The Morgan fingerprint density at radius 2 is 1.37 bits per heavy atom. The van der Waals surface area contributed by atoms with Crippen molar-refractivity contribution < 1.29 is 19.5 Å². The number of unbranched alkanes of at least 4 members (excludes halogenated alkanes) is 2. The van der Waals surface area contributed by atoms with Gasteiger partial charge in [-0.3, -0.25) is 14.4 Å². The highest BCUT2D eigenvalue weighted by atomic mass is 16.3. The lowest BCUT2D eigenvalue weighted by Crippen LogP contribution is -2.48. The van der Waals surface area contributed by atoms with E-state index >= 15 is 0 Å². The molecule has 0 aliphatic rings. The molecular weight excluding hydrogens is 588 g/mol. The van der Waals surface area contributed by atoms with Crippen LogP contribution in [-0.2, 0) is 16.0 Å². The number of aromatic hydroxyl groups is 1. The number of nitrogens with one attached hydrogen (secondary N) is 5. The number of nitrogens with two attached hydrogens (primary N) is 2.